The van der Waals surface area contributed by atoms with E-state index in [0.29, 0.717) is 17.8 Å². The van der Waals surface area contributed by atoms with Crippen LogP contribution in [0, 0.1) is 6.92 Å². The van der Waals surface area contributed by atoms with Crippen LogP contribution in [0.4, 0.5) is 5.69 Å². The lowest BCUT2D eigenvalue weighted by Gasteiger charge is -2.36. The molecule has 2 amide bonds. The molecule has 1 aliphatic heterocycles. The molecule has 5 nitrogen and oxygen atoms in total. The predicted molar refractivity (Wildman–Crippen MR) is 101 cm³/mol. The summed E-state index contributed by atoms with van der Waals surface area (Å²) in [4.78, 5) is 29.1. The van der Waals surface area contributed by atoms with Crippen molar-refractivity contribution in [3.8, 4) is 0 Å². The highest BCUT2D eigenvalue weighted by molar-refractivity contribution is 7.12. The lowest BCUT2D eigenvalue weighted by Crippen LogP contribution is -2.49. The number of hydrogen-bond donors (Lipinski definition) is 1. The van der Waals surface area contributed by atoms with Gasteiger partial charge in [-0.15, -0.1) is 11.3 Å². The van der Waals surface area contributed by atoms with E-state index in [9.17, 15) is 9.59 Å². The molecule has 0 spiro atoms. The molecular formula is C19H23N3O2S. The second-order valence-electron chi connectivity index (χ2n) is 6.19. The number of thiophene rings is 1. The maximum atomic E-state index is 12.3. The van der Waals surface area contributed by atoms with Gasteiger partial charge in [-0.3, -0.25) is 9.59 Å². The maximum absolute atomic E-state index is 12.3. The molecule has 1 aromatic carbocycles. The van der Waals surface area contributed by atoms with Crippen molar-refractivity contribution in [1.29, 1.82) is 0 Å². The Balaban J connectivity index is 1.41. The summed E-state index contributed by atoms with van der Waals surface area (Å²) in [6.45, 7) is 5.62. The monoisotopic (exact) mass is 357 g/mol. The van der Waals surface area contributed by atoms with Crippen LogP contribution in [-0.4, -0.2) is 49.4 Å². The third kappa shape index (κ3) is 4.60. The molecule has 132 valence electrons. The molecule has 0 radical (unpaired) electrons. The highest BCUT2D eigenvalue weighted by Crippen LogP contribution is 2.18. The normalized spacial score (nSPS) is 14.4. The molecule has 0 unspecified atom stereocenters. The molecule has 1 N–H and O–H groups in total. The molecule has 2 aromatic rings. The van der Waals surface area contributed by atoms with E-state index in [1.54, 1.807) is 6.07 Å². The quantitative estimate of drug-likeness (QED) is 0.895. The molecule has 0 bridgehead atoms. The Morgan fingerprint density at radius 3 is 2.60 bits per heavy atom. The lowest BCUT2D eigenvalue weighted by molar-refractivity contribution is -0.131. The number of nitrogens with zero attached hydrogens (tertiary/aromatic N) is 2. The van der Waals surface area contributed by atoms with Crippen LogP contribution in [0.1, 0.15) is 21.7 Å². The highest BCUT2D eigenvalue weighted by Gasteiger charge is 2.21. The zero-order chi connectivity index (χ0) is 17.6. The van der Waals surface area contributed by atoms with Crippen LogP contribution in [0.25, 0.3) is 0 Å². The van der Waals surface area contributed by atoms with Gasteiger partial charge < -0.3 is 15.1 Å². The summed E-state index contributed by atoms with van der Waals surface area (Å²) in [5.74, 6) is 0.00226. The molecule has 3 rings (SSSR count). The molecule has 25 heavy (non-hydrogen) atoms. The van der Waals surface area contributed by atoms with E-state index >= 15 is 0 Å². The van der Waals surface area contributed by atoms with Crippen molar-refractivity contribution in [3.63, 3.8) is 0 Å². The van der Waals surface area contributed by atoms with Crippen molar-refractivity contribution in [1.82, 2.24) is 10.2 Å². The van der Waals surface area contributed by atoms with E-state index in [4.69, 9.17) is 0 Å². The van der Waals surface area contributed by atoms with Crippen molar-refractivity contribution in [2.24, 2.45) is 0 Å². The van der Waals surface area contributed by atoms with Crippen molar-refractivity contribution >= 4 is 28.8 Å². The van der Waals surface area contributed by atoms with Crippen molar-refractivity contribution in [3.05, 3.63) is 52.2 Å². The fourth-order valence-electron chi connectivity index (χ4n) is 2.97. The molecule has 1 aromatic heterocycles. The number of carbonyl (C=O) groups excluding carboxylic acids is 2. The molecule has 1 fully saturated rings. The first-order valence-electron chi connectivity index (χ1n) is 8.54. The summed E-state index contributed by atoms with van der Waals surface area (Å²) in [5, 5.41) is 4.68. The van der Waals surface area contributed by atoms with Gasteiger partial charge in [0.15, 0.2) is 0 Å². The Morgan fingerprint density at radius 2 is 1.92 bits per heavy atom. The van der Waals surface area contributed by atoms with Gasteiger partial charge in [-0.25, -0.2) is 0 Å². The smallest absolute Gasteiger partial charge is 0.261 e. The fraction of sp³-hybridized carbons (Fsp3) is 0.368. The maximum Gasteiger partial charge on any atom is 0.261 e. The molecule has 1 saturated heterocycles. The number of hydrogen-bond acceptors (Lipinski definition) is 4. The van der Waals surface area contributed by atoms with Gasteiger partial charge in [0.2, 0.25) is 5.91 Å². The zero-order valence-corrected chi connectivity index (χ0v) is 15.2. The summed E-state index contributed by atoms with van der Waals surface area (Å²) in [7, 11) is 0. The van der Waals surface area contributed by atoms with Crippen molar-refractivity contribution in [2.75, 3.05) is 37.6 Å². The number of anilines is 1. The van der Waals surface area contributed by atoms with E-state index in [-0.39, 0.29) is 11.8 Å². The van der Waals surface area contributed by atoms with E-state index in [1.807, 2.05) is 16.3 Å². The molecule has 0 saturated carbocycles. The third-order valence-electron chi connectivity index (χ3n) is 4.37. The van der Waals surface area contributed by atoms with Gasteiger partial charge >= 0.3 is 0 Å². The second kappa shape index (κ2) is 8.16. The number of rotatable bonds is 5. The average Bonchev–Trinajstić information content (AvgIpc) is 3.16. The van der Waals surface area contributed by atoms with E-state index in [1.165, 1.54) is 22.6 Å². The largest absolute Gasteiger partial charge is 0.368 e. The molecule has 0 aliphatic carbocycles. The minimum atomic E-state index is -0.105. The number of benzene rings is 1. The minimum absolute atomic E-state index is 0.105. The van der Waals surface area contributed by atoms with E-state index in [2.05, 4.69) is 41.4 Å². The molecular weight excluding hydrogens is 334 g/mol. The first-order valence-corrected chi connectivity index (χ1v) is 9.42. The van der Waals surface area contributed by atoms with Gasteiger partial charge in [-0.1, -0.05) is 18.2 Å². The number of piperazine rings is 1. The SMILES string of the molecule is Cc1cccc(N2CCN(C(=O)CCNC(=O)c3cccs3)CC2)c1. The topological polar surface area (TPSA) is 52.6 Å². The first kappa shape index (κ1) is 17.5. The van der Waals surface area contributed by atoms with Gasteiger partial charge in [0, 0.05) is 44.8 Å². The van der Waals surface area contributed by atoms with Crippen molar-refractivity contribution in [2.45, 2.75) is 13.3 Å². The van der Waals surface area contributed by atoms with E-state index < -0.39 is 0 Å². The molecule has 6 heteroatoms. The van der Waals surface area contributed by atoms with Crippen LogP contribution < -0.4 is 10.2 Å². The molecule has 0 atom stereocenters. The van der Waals surface area contributed by atoms with Crippen molar-refractivity contribution < 1.29 is 9.59 Å². The van der Waals surface area contributed by atoms with Gasteiger partial charge in [0.05, 0.1) is 4.88 Å². The predicted octanol–water partition coefficient (Wildman–Crippen LogP) is 2.53. The summed E-state index contributed by atoms with van der Waals surface area (Å²) >= 11 is 1.40. The Morgan fingerprint density at radius 1 is 1.12 bits per heavy atom. The number of amides is 2. The zero-order valence-electron chi connectivity index (χ0n) is 14.4. The standard InChI is InChI=1S/C19H23N3O2S/c1-15-4-2-5-16(14-15)21-9-11-22(12-10-21)18(23)7-8-20-19(24)17-6-3-13-25-17/h2-6,13-14H,7-12H2,1H3,(H,20,24). The summed E-state index contributed by atoms with van der Waals surface area (Å²) < 4.78 is 0. The van der Waals surface area contributed by atoms with Gasteiger partial charge in [-0.2, -0.15) is 0 Å². The summed E-state index contributed by atoms with van der Waals surface area (Å²) in [6, 6.07) is 12.1. The lowest BCUT2D eigenvalue weighted by atomic mass is 10.2. The van der Waals surface area contributed by atoms with Crippen LogP contribution in [-0.2, 0) is 4.79 Å². The minimum Gasteiger partial charge on any atom is -0.368 e. The molecule has 1 aliphatic rings. The van der Waals surface area contributed by atoms with Crippen LogP contribution in [0.3, 0.4) is 0 Å². The summed E-state index contributed by atoms with van der Waals surface area (Å²) in [6.07, 6.45) is 0.349. The summed E-state index contributed by atoms with van der Waals surface area (Å²) in [5.41, 5.74) is 2.47. The van der Waals surface area contributed by atoms with E-state index in [0.717, 1.165) is 26.2 Å². The van der Waals surface area contributed by atoms with Gasteiger partial charge in [0.25, 0.3) is 5.91 Å². The Bertz CT molecular complexity index is 722. The fourth-order valence-corrected chi connectivity index (χ4v) is 3.61. The Labute approximate surface area is 152 Å². The van der Waals surface area contributed by atoms with Crippen LogP contribution in [0.15, 0.2) is 41.8 Å². The first-order chi connectivity index (χ1) is 12.1. The van der Waals surface area contributed by atoms with Crippen LogP contribution in [0.5, 0.6) is 0 Å². The van der Waals surface area contributed by atoms with Crippen LogP contribution >= 0.6 is 11.3 Å². The second-order valence-corrected chi connectivity index (χ2v) is 7.14. The van der Waals surface area contributed by atoms with Gasteiger partial charge in [-0.05, 0) is 36.1 Å². The average molecular weight is 357 g/mol. The Hall–Kier alpha value is -2.34. The molecule has 2 heterocycles. The van der Waals surface area contributed by atoms with Crippen LogP contribution in [0.2, 0.25) is 0 Å². The number of nitrogens with one attached hydrogen (secondary N) is 1. The van der Waals surface area contributed by atoms with Gasteiger partial charge in [0.1, 0.15) is 0 Å². The third-order valence-corrected chi connectivity index (χ3v) is 5.24. The highest BCUT2D eigenvalue weighted by atomic mass is 32.1. The number of aryl methyl sites for hydroxylation is 1. The number of carbonyl (C=O) groups is 2. The Kier molecular flexibility index (Phi) is 5.71.